The number of hydrogen-bond donors (Lipinski definition) is 2. The molecule has 1 atom stereocenters. The Morgan fingerprint density at radius 2 is 1.71 bits per heavy atom. The molecule has 0 aromatic heterocycles. The van der Waals surface area contributed by atoms with Crippen LogP contribution in [-0.2, 0) is 19.6 Å². The molecule has 0 saturated carbocycles. The molecule has 182 valence electrons. The lowest BCUT2D eigenvalue weighted by Gasteiger charge is -2.14. The Morgan fingerprint density at radius 3 is 2.43 bits per heavy atom. The van der Waals surface area contributed by atoms with Crippen LogP contribution >= 0.6 is 0 Å². The summed E-state index contributed by atoms with van der Waals surface area (Å²) in [5.41, 5.74) is 0.0622. The first-order valence-corrected chi connectivity index (χ1v) is 11.6. The fraction of sp³-hybridized carbons (Fsp3) is 0.130. The molecule has 0 aliphatic rings. The van der Waals surface area contributed by atoms with E-state index >= 15 is 0 Å². The van der Waals surface area contributed by atoms with E-state index in [9.17, 15) is 28.1 Å². The van der Waals surface area contributed by atoms with E-state index in [2.05, 4.69) is 10.0 Å². The van der Waals surface area contributed by atoms with Gasteiger partial charge in [0.15, 0.2) is 6.10 Å². The zero-order valence-corrected chi connectivity index (χ0v) is 19.4. The van der Waals surface area contributed by atoms with Gasteiger partial charge in [-0.3, -0.25) is 19.6 Å². The number of nitro groups is 1. The number of sulfonamides is 1. The SMILES string of the molecule is COc1ccccc1NS(=O)(=O)c1cccc(C(=O)OC(C)C(=O)Nc2cccc([N+](=O)[O-])c2)c1. The molecule has 12 heteroatoms. The van der Waals surface area contributed by atoms with Crippen LogP contribution in [0.2, 0.25) is 0 Å². The lowest BCUT2D eigenvalue weighted by molar-refractivity contribution is -0.384. The Morgan fingerprint density at radius 1 is 1.00 bits per heavy atom. The summed E-state index contributed by atoms with van der Waals surface area (Å²) in [5, 5.41) is 13.3. The fourth-order valence-electron chi connectivity index (χ4n) is 2.95. The molecular formula is C23H21N3O8S. The van der Waals surface area contributed by atoms with Crippen molar-refractivity contribution in [2.75, 3.05) is 17.1 Å². The lowest BCUT2D eigenvalue weighted by atomic mass is 10.2. The molecule has 0 saturated heterocycles. The normalized spacial score (nSPS) is 11.7. The van der Waals surface area contributed by atoms with E-state index in [1.165, 1.54) is 56.5 Å². The summed E-state index contributed by atoms with van der Waals surface area (Å²) in [6.45, 7) is 1.31. The summed E-state index contributed by atoms with van der Waals surface area (Å²) in [6.07, 6.45) is -1.27. The molecule has 0 aliphatic carbocycles. The van der Waals surface area contributed by atoms with Gasteiger partial charge in [-0.15, -0.1) is 0 Å². The number of nitrogens with zero attached hydrogens (tertiary/aromatic N) is 1. The molecule has 35 heavy (non-hydrogen) atoms. The number of amides is 1. The van der Waals surface area contributed by atoms with Crippen molar-refractivity contribution < 1.29 is 32.4 Å². The van der Waals surface area contributed by atoms with Gasteiger partial charge in [0.2, 0.25) is 0 Å². The summed E-state index contributed by atoms with van der Waals surface area (Å²) < 4.78 is 38.3. The van der Waals surface area contributed by atoms with E-state index in [1.807, 2.05) is 0 Å². The van der Waals surface area contributed by atoms with Crippen molar-refractivity contribution in [3.8, 4) is 5.75 Å². The Kier molecular flexibility index (Phi) is 7.66. The number of carbonyl (C=O) groups is 2. The number of ether oxygens (including phenoxy) is 2. The number of nitro benzene ring substituents is 1. The van der Waals surface area contributed by atoms with Gasteiger partial charge in [-0.05, 0) is 43.3 Å². The van der Waals surface area contributed by atoms with Crippen LogP contribution < -0.4 is 14.8 Å². The summed E-state index contributed by atoms with van der Waals surface area (Å²) >= 11 is 0. The molecule has 2 N–H and O–H groups in total. The second-order valence-electron chi connectivity index (χ2n) is 7.18. The first-order valence-electron chi connectivity index (χ1n) is 10.1. The van der Waals surface area contributed by atoms with Gasteiger partial charge in [0.1, 0.15) is 5.75 Å². The molecule has 1 amide bonds. The van der Waals surface area contributed by atoms with E-state index in [-0.39, 0.29) is 27.5 Å². The highest BCUT2D eigenvalue weighted by atomic mass is 32.2. The lowest BCUT2D eigenvalue weighted by Crippen LogP contribution is -2.30. The number of carbonyl (C=O) groups excluding carboxylic acids is 2. The maximum absolute atomic E-state index is 12.8. The summed E-state index contributed by atoms with van der Waals surface area (Å²) in [4.78, 5) is 35.0. The summed E-state index contributed by atoms with van der Waals surface area (Å²) in [5.74, 6) is -1.34. The number of rotatable bonds is 9. The quantitative estimate of drug-likeness (QED) is 0.257. The second-order valence-corrected chi connectivity index (χ2v) is 8.86. The third kappa shape index (κ3) is 6.32. The zero-order valence-electron chi connectivity index (χ0n) is 18.6. The number of non-ortho nitro benzene ring substituents is 1. The first kappa shape index (κ1) is 25.2. The van der Waals surface area contributed by atoms with E-state index in [1.54, 1.807) is 18.2 Å². The van der Waals surface area contributed by atoms with Crippen molar-refractivity contribution in [3.05, 3.63) is 88.5 Å². The van der Waals surface area contributed by atoms with E-state index in [4.69, 9.17) is 9.47 Å². The van der Waals surface area contributed by atoms with Crippen LogP contribution in [0.3, 0.4) is 0 Å². The molecular weight excluding hydrogens is 478 g/mol. The van der Waals surface area contributed by atoms with Gasteiger partial charge in [0.05, 0.1) is 28.2 Å². The van der Waals surface area contributed by atoms with E-state index in [0.29, 0.717) is 5.75 Å². The molecule has 0 spiro atoms. The smallest absolute Gasteiger partial charge is 0.338 e. The van der Waals surface area contributed by atoms with Crippen molar-refractivity contribution >= 4 is 39.0 Å². The maximum atomic E-state index is 12.8. The number of nitrogens with one attached hydrogen (secondary N) is 2. The number of methoxy groups -OCH3 is 1. The van der Waals surface area contributed by atoms with Crippen LogP contribution in [0.1, 0.15) is 17.3 Å². The van der Waals surface area contributed by atoms with Crippen LogP contribution in [0.4, 0.5) is 17.1 Å². The number of hydrogen-bond acceptors (Lipinski definition) is 8. The van der Waals surface area contributed by atoms with Gasteiger partial charge >= 0.3 is 5.97 Å². The molecule has 0 fully saturated rings. The topological polar surface area (TPSA) is 154 Å². The third-order valence-corrected chi connectivity index (χ3v) is 6.07. The Balaban J connectivity index is 1.70. The molecule has 3 rings (SSSR count). The highest BCUT2D eigenvalue weighted by Crippen LogP contribution is 2.26. The molecule has 0 bridgehead atoms. The Labute approximate surface area is 200 Å². The van der Waals surface area contributed by atoms with Gasteiger partial charge in [-0.2, -0.15) is 0 Å². The average molecular weight is 500 g/mol. The molecule has 0 radical (unpaired) electrons. The Bertz CT molecular complexity index is 1370. The molecule has 3 aromatic carbocycles. The molecule has 11 nitrogen and oxygen atoms in total. The van der Waals surface area contributed by atoms with Gasteiger partial charge in [-0.1, -0.05) is 24.3 Å². The summed E-state index contributed by atoms with van der Waals surface area (Å²) in [7, 11) is -2.67. The monoisotopic (exact) mass is 499 g/mol. The van der Waals surface area contributed by atoms with Crippen LogP contribution in [0, 0.1) is 10.1 Å². The molecule has 0 heterocycles. The van der Waals surface area contributed by atoms with E-state index in [0.717, 1.165) is 12.1 Å². The van der Waals surface area contributed by atoms with E-state index < -0.39 is 32.9 Å². The predicted molar refractivity (Wildman–Crippen MR) is 127 cm³/mol. The predicted octanol–water partition coefficient (Wildman–Crippen LogP) is 3.59. The van der Waals surface area contributed by atoms with Crippen LogP contribution in [0.15, 0.2) is 77.7 Å². The molecule has 3 aromatic rings. The van der Waals surface area contributed by atoms with Crippen molar-refractivity contribution in [2.24, 2.45) is 0 Å². The highest BCUT2D eigenvalue weighted by molar-refractivity contribution is 7.92. The minimum Gasteiger partial charge on any atom is -0.495 e. The largest absolute Gasteiger partial charge is 0.495 e. The molecule has 0 aliphatic heterocycles. The Hall–Kier alpha value is -4.45. The molecule has 1 unspecified atom stereocenters. The van der Waals surface area contributed by atoms with Crippen molar-refractivity contribution in [3.63, 3.8) is 0 Å². The van der Waals surface area contributed by atoms with Gasteiger partial charge in [0, 0.05) is 17.8 Å². The van der Waals surface area contributed by atoms with Crippen LogP contribution in [0.25, 0.3) is 0 Å². The fourth-order valence-corrected chi connectivity index (χ4v) is 4.06. The number of anilines is 2. The third-order valence-electron chi connectivity index (χ3n) is 4.71. The number of para-hydroxylation sites is 2. The standard InChI is InChI=1S/C23H21N3O8S/c1-15(22(27)24-17-8-6-9-18(14-17)26(29)30)34-23(28)16-7-5-10-19(13-16)35(31,32)25-20-11-3-4-12-21(20)33-2/h3-15,25H,1-2H3,(H,24,27). The second kappa shape index (κ2) is 10.7. The minimum atomic E-state index is -4.07. The maximum Gasteiger partial charge on any atom is 0.338 e. The van der Waals surface area contributed by atoms with Gasteiger partial charge < -0.3 is 14.8 Å². The average Bonchev–Trinajstić information content (AvgIpc) is 2.84. The van der Waals surface area contributed by atoms with Gasteiger partial charge in [0.25, 0.3) is 21.6 Å². The highest BCUT2D eigenvalue weighted by Gasteiger charge is 2.22. The zero-order chi connectivity index (χ0) is 25.6. The van der Waals surface area contributed by atoms with Crippen molar-refractivity contribution in [1.29, 1.82) is 0 Å². The first-order chi connectivity index (χ1) is 16.6. The van der Waals surface area contributed by atoms with Crippen molar-refractivity contribution in [2.45, 2.75) is 17.9 Å². The van der Waals surface area contributed by atoms with Gasteiger partial charge in [-0.25, -0.2) is 13.2 Å². The van der Waals surface area contributed by atoms with Crippen molar-refractivity contribution in [1.82, 2.24) is 0 Å². The van der Waals surface area contributed by atoms with Crippen LogP contribution in [0.5, 0.6) is 5.75 Å². The van der Waals surface area contributed by atoms with Crippen LogP contribution in [-0.4, -0.2) is 38.4 Å². The minimum absolute atomic E-state index is 0.0945. The summed E-state index contributed by atoms with van der Waals surface area (Å²) in [6, 6.07) is 16.8. The number of esters is 1. The number of benzene rings is 3.